The standard InChI is InChI=1S/C22H16BrI2N3O4/c23-17-5-1-14(2-6-17)11-21(29)27-26-12-16-9-19(24)22(20(25)10-16)32-13-15-3-7-18(8-4-15)28(30)31/h1-10,12H,11,13H2,(H,27,29)/b26-12-. The number of carbonyl (C=O) groups excluding carboxylic acids is 1. The van der Waals surface area contributed by atoms with Crippen LogP contribution in [0.4, 0.5) is 5.69 Å². The Morgan fingerprint density at radius 2 is 1.66 bits per heavy atom. The fourth-order valence-electron chi connectivity index (χ4n) is 2.67. The van der Waals surface area contributed by atoms with Crippen molar-refractivity contribution in [1.29, 1.82) is 0 Å². The summed E-state index contributed by atoms with van der Waals surface area (Å²) in [6, 6.07) is 17.6. The molecule has 0 spiro atoms. The van der Waals surface area contributed by atoms with Crippen LogP contribution in [0.2, 0.25) is 0 Å². The first-order valence-corrected chi connectivity index (χ1v) is 12.2. The number of nitro groups is 1. The number of nitrogens with zero attached hydrogens (tertiary/aromatic N) is 2. The Hall–Kier alpha value is -2.06. The van der Waals surface area contributed by atoms with Crippen LogP contribution in [0, 0.1) is 17.3 Å². The van der Waals surface area contributed by atoms with Crippen LogP contribution in [-0.4, -0.2) is 17.0 Å². The fraction of sp³-hybridized carbons (Fsp3) is 0.0909. The molecule has 0 bridgehead atoms. The summed E-state index contributed by atoms with van der Waals surface area (Å²) in [5.74, 6) is 0.525. The van der Waals surface area contributed by atoms with E-state index in [1.54, 1.807) is 18.3 Å². The zero-order chi connectivity index (χ0) is 23.1. The molecule has 0 aliphatic carbocycles. The molecule has 3 aromatic rings. The second-order valence-electron chi connectivity index (χ2n) is 6.62. The first kappa shape index (κ1) is 24.6. The molecule has 164 valence electrons. The Morgan fingerprint density at radius 3 is 2.25 bits per heavy atom. The number of hydrogen-bond acceptors (Lipinski definition) is 5. The molecule has 3 rings (SSSR count). The SMILES string of the molecule is O=C(Cc1ccc(Br)cc1)N/N=C\c1cc(I)c(OCc2ccc([N+](=O)[O-])cc2)c(I)c1. The maximum atomic E-state index is 12.1. The van der Waals surface area contributed by atoms with Gasteiger partial charge in [0.1, 0.15) is 12.4 Å². The van der Waals surface area contributed by atoms with Gasteiger partial charge < -0.3 is 4.74 Å². The predicted molar refractivity (Wildman–Crippen MR) is 143 cm³/mol. The Morgan fingerprint density at radius 1 is 1.06 bits per heavy atom. The van der Waals surface area contributed by atoms with Gasteiger partial charge >= 0.3 is 0 Å². The van der Waals surface area contributed by atoms with Gasteiger partial charge in [0.15, 0.2) is 0 Å². The Labute approximate surface area is 220 Å². The van der Waals surface area contributed by atoms with Crippen molar-refractivity contribution in [1.82, 2.24) is 5.43 Å². The lowest BCUT2D eigenvalue weighted by atomic mass is 10.1. The van der Waals surface area contributed by atoms with E-state index < -0.39 is 4.92 Å². The van der Waals surface area contributed by atoms with Gasteiger partial charge in [-0.2, -0.15) is 5.10 Å². The molecule has 0 atom stereocenters. The van der Waals surface area contributed by atoms with Crippen LogP contribution in [0.1, 0.15) is 16.7 Å². The lowest BCUT2D eigenvalue weighted by molar-refractivity contribution is -0.384. The van der Waals surface area contributed by atoms with Crippen LogP contribution in [0.25, 0.3) is 0 Å². The molecule has 1 amide bonds. The molecule has 32 heavy (non-hydrogen) atoms. The molecule has 0 saturated heterocycles. The smallest absolute Gasteiger partial charge is 0.269 e. The third kappa shape index (κ3) is 7.24. The molecule has 0 radical (unpaired) electrons. The van der Waals surface area contributed by atoms with Gasteiger partial charge in [0, 0.05) is 16.6 Å². The zero-order valence-corrected chi connectivity index (χ0v) is 22.3. The van der Waals surface area contributed by atoms with Crippen molar-refractivity contribution >= 4 is 78.9 Å². The van der Waals surface area contributed by atoms with E-state index in [1.165, 1.54) is 12.1 Å². The predicted octanol–water partition coefficient (Wildman–Crippen LogP) is 5.84. The van der Waals surface area contributed by atoms with Crippen molar-refractivity contribution in [3.05, 3.63) is 99.1 Å². The molecule has 0 aromatic heterocycles. The maximum Gasteiger partial charge on any atom is 0.269 e. The zero-order valence-electron chi connectivity index (χ0n) is 16.4. The number of non-ortho nitro benzene ring substituents is 1. The number of ether oxygens (including phenoxy) is 1. The van der Waals surface area contributed by atoms with Crippen LogP contribution >= 0.6 is 61.1 Å². The number of rotatable bonds is 8. The summed E-state index contributed by atoms with van der Waals surface area (Å²) in [6.07, 6.45) is 1.83. The highest BCUT2D eigenvalue weighted by Gasteiger charge is 2.10. The average molecular weight is 720 g/mol. The van der Waals surface area contributed by atoms with E-state index >= 15 is 0 Å². The number of carbonyl (C=O) groups is 1. The van der Waals surface area contributed by atoms with Crippen LogP contribution in [-0.2, 0) is 17.8 Å². The van der Waals surface area contributed by atoms with E-state index in [4.69, 9.17) is 4.74 Å². The van der Waals surface area contributed by atoms with E-state index in [9.17, 15) is 14.9 Å². The van der Waals surface area contributed by atoms with E-state index in [0.717, 1.165) is 34.1 Å². The van der Waals surface area contributed by atoms with Crippen LogP contribution in [0.15, 0.2) is 70.2 Å². The summed E-state index contributed by atoms with van der Waals surface area (Å²) in [5.41, 5.74) is 5.15. The van der Waals surface area contributed by atoms with Crippen LogP contribution in [0.5, 0.6) is 5.75 Å². The minimum absolute atomic E-state index is 0.0467. The summed E-state index contributed by atoms with van der Waals surface area (Å²) in [5, 5.41) is 14.8. The summed E-state index contributed by atoms with van der Waals surface area (Å²) in [6.45, 7) is 0.295. The molecule has 7 nitrogen and oxygen atoms in total. The van der Waals surface area contributed by atoms with Crippen LogP contribution < -0.4 is 10.2 Å². The number of hydrazone groups is 1. The van der Waals surface area contributed by atoms with E-state index in [-0.39, 0.29) is 18.0 Å². The van der Waals surface area contributed by atoms with Crippen molar-refractivity contribution in [2.45, 2.75) is 13.0 Å². The lowest BCUT2D eigenvalue weighted by Gasteiger charge is -2.11. The molecular weight excluding hydrogens is 704 g/mol. The fourth-order valence-corrected chi connectivity index (χ4v) is 5.06. The largest absolute Gasteiger partial charge is 0.487 e. The third-order valence-electron chi connectivity index (χ3n) is 4.23. The molecule has 0 heterocycles. The van der Waals surface area contributed by atoms with Gasteiger partial charge in [0.2, 0.25) is 5.91 Å². The quantitative estimate of drug-likeness (QED) is 0.137. The normalized spacial score (nSPS) is 10.8. The van der Waals surface area contributed by atoms with Crippen molar-refractivity contribution in [2.24, 2.45) is 5.10 Å². The van der Waals surface area contributed by atoms with E-state index in [0.29, 0.717) is 6.61 Å². The molecule has 0 unspecified atom stereocenters. The molecule has 0 saturated carbocycles. The topological polar surface area (TPSA) is 93.8 Å². The molecule has 0 aliphatic rings. The average Bonchev–Trinajstić information content (AvgIpc) is 2.75. The number of nitrogens with one attached hydrogen (secondary N) is 1. The van der Waals surface area contributed by atoms with Crippen molar-refractivity contribution in [3.63, 3.8) is 0 Å². The Kier molecular flexibility index (Phi) is 8.99. The van der Waals surface area contributed by atoms with Gasteiger partial charge in [-0.15, -0.1) is 0 Å². The molecule has 1 N–H and O–H groups in total. The monoisotopic (exact) mass is 719 g/mol. The van der Waals surface area contributed by atoms with E-state index in [1.807, 2.05) is 36.4 Å². The Balaban J connectivity index is 1.57. The van der Waals surface area contributed by atoms with Crippen LogP contribution in [0.3, 0.4) is 0 Å². The lowest BCUT2D eigenvalue weighted by Crippen LogP contribution is -2.19. The molecule has 0 aliphatic heterocycles. The maximum absolute atomic E-state index is 12.1. The highest BCUT2D eigenvalue weighted by Crippen LogP contribution is 2.29. The van der Waals surface area contributed by atoms with Crippen molar-refractivity contribution in [3.8, 4) is 5.75 Å². The summed E-state index contributed by atoms with van der Waals surface area (Å²) in [7, 11) is 0. The second-order valence-corrected chi connectivity index (χ2v) is 9.86. The number of benzene rings is 3. The van der Waals surface area contributed by atoms with E-state index in [2.05, 4.69) is 71.6 Å². The highest BCUT2D eigenvalue weighted by atomic mass is 127. The number of halogens is 3. The number of nitro benzene ring substituents is 1. The third-order valence-corrected chi connectivity index (χ3v) is 6.36. The van der Waals surface area contributed by atoms with Gasteiger partial charge in [-0.25, -0.2) is 5.43 Å². The minimum atomic E-state index is -0.431. The summed E-state index contributed by atoms with van der Waals surface area (Å²) >= 11 is 7.73. The number of hydrogen-bond donors (Lipinski definition) is 1. The molecule has 0 fully saturated rings. The first-order valence-electron chi connectivity index (χ1n) is 9.23. The van der Waals surface area contributed by atoms with Gasteiger partial charge in [0.25, 0.3) is 5.69 Å². The second kappa shape index (κ2) is 11.7. The highest BCUT2D eigenvalue weighted by molar-refractivity contribution is 14.1. The summed E-state index contributed by atoms with van der Waals surface area (Å²) < 4.78 is 8.66. The molecule has 10 heteroatoms. The van der Waals surface area contributed by atoms with Gasteiger partial charge in [0.05, 0.1) is 24.7 Å². The van der Waals surface area contributed by atoms with Crippen molar-refractivity contribution in [2.75, 3.05) is 0 Å². The van der Waals surface area contributed by atoms with Gasteiger partial charge in [-0.3, -0.25) is 14.9 Å². The van der Waals surface area contributed by atoms with Gasteiger partial charge in [-0.1, -0.05) is 28.1 Å². The first-order chi connectivity index (χ1) is 15.3. The number of amides is 1. The molecular formula is C22H16BrI2N3O4. The molecule has 3 aromatic carbocycles. The minimum Gasteiger partial charge on any atom is -0.487 e. The summed E-state index contributed by atoms with van der Waals surface area (Å²) in [4.78, 5) is 22.4. The van der Waals surface area contributed by atoms with Gasteiger partial charge in [-0.05, 0) is 98.3 Å². The van der Waals surface area contributed by atoms with Crippen molar-refractivity contribution < 1.29 is 14.5 Å². The Bertz CT molecular complexity index is 1130.